The summed E-state index contributed by atoms with van der Waals surface area (Å²) < 4.78 is 19.0. The van der Waals surface area contributed by atoms with Crippen LogP contribution in [0, 0.1) is 12.7 Å². The fourth-order valence-electron chi connectivity index (χ4n) is 3.02. The topological polar surface area (TPSA) is 49.8 Å². The van der Waals surface area contributed by atoms with Crippen molar-refractivity contribution < 1.29 is 19.0 Å². The summed E-state index contributed by atoms with van der Waals surface area (Å²) in [5, 5.41) is 10.2. The lowest BCUT2D eigenvalue weighted by Crippen LogP contribution is -2.43. The number of aliphatic hydroxyl groups is 1. The van der Waals surface area contributed by atoms with Gasteiger partial charge in [0.1, 0.15) is 17.7 Å². The zero-order chi connectivity index (χ0) is 17.8. The number of benzene rings is 2. The second-order valence-electron chi connectivity index (χ2n) is 6.36. The maximum atomic E-state index is 13.0. The molecule has 2 aromatic carbocycles. The van der Waals surface area contributed by atoms with Crippen molar-refractivity contribution in [2.75, 3.05) is 13.1 Å². The summed E-state index contributed by atoms with van der Waals surface area (Å²) in [4.78, 5) is 14.1. The van der Waals surface area contributed by atoms with Gasteiger partial charge < -0.3 is 14.7 Å². The molecule has 1 fully saturated rings. The molecule has 0 saturated carbocycles. The van der Waals surface area contributed by atoms with Gasteiger partial charge in [0.25, 0.3) is 5.91 Å². The Bertz CT molecular complexity index is 724. The minimum Gasteiger partial charge on any atom is -0.490 e. The van der Waals surface area contributed by atoms with Crippen LogP contribution in [0.1, 0.15) is 30.1 Å². The van der Waals surface area contributed by atoms with E-state index in [1.54, 1.807) is 4.90 Å². The molecule has 132 valence electrons. The number of nitrogens with zero attached hydrogens (tertiary/aromatic N) is 1. The van der Waals surface area contributed by atoms with E-state index in [-0.39, 0.29) is 12.0 Å². The van der Waals surface area contributed by atoms with Gasteiger partial charge in [-0.25, -0.2) is 4.39 Å². The molecule has 0 aliphatic carbocycles. The Morgan fingerprint density at radius 2 is 1.80 bits per heavy atom. The number of carbonyl (C=O) groups excluding carboxylic acids is 1. The molecule has 25 heavy (non-hydrogen) atoms. The van der Waals surface area contributed by atoms with Gasteiger partial charge >= 0.3 is 0 Å². The van der Waals surface area contributed by atoms with Crippen LogP contribution < -0.4 is 4.74 Å². The van der Waals surface area contributed by atoms with Crippen LogP contribution in [0.2, 0.25) is 0 Å². The molecule has 1 heterocycles. The standard InChI is InChI=1S/C20H22FNO3/c1-14-4-2-3-5-18(14)25-17-10-12-22(13-11-17)20(24)19(23)15-6-8-16(21)9-7-15/h2-9,17,19,23H,10-13H2,1H3. The number of hydrogen-bond acceptors (Lipinski definition) is 3. The van der Waals surface area contributed by atoms with Crippen LogP contribution in [-0.2, 0) is 4.79 Å². The Morgan fingerprint density at radius 1 is 1.16 bits per heavy atom. The van der Waals surface area contributed by atoms with E-state index in [4.69, 9.17) is 4.74 Å². The molecule has 4 nitrogen and oxygen atoms in total. The second kappa shape index (κ2) is 7.66. The molecule has 1 amide bonds. The van der Waals surface area contributed by atoms with Gasteiger partial charge in [-0.2, -0.15) is 0 Å². The third-order valence-corrected chi connectivity index (χ3v) is 4.56. The zero-order valence-electron chi connectivity index (χ0n) is 14.2. The SMILES string of the molecule is Cc1ccccc1OC1CCN(C(=O)C(O)c2ccc(F)cc2)CC1. The van der Waals surface area contributed by atoms with Crippen molar-refractivity contribution >= 4 is 5.91 Å². The van der Waals surface area contributed by atoms with Crippen LogP contribution in [0.25, 0.3) is 0 Å². The number of aryl methyl sites for hydroxylation is 1. The van der Waals surface area contributed by atoms with Crippen molar-refractivity contribution in [3.8, 4) is 5.75 Å². The first-order valence-corrected chi connectivity index (χ1v) is 8.49. The Balaban J connectivity index is 1.55. The van der Waals surface area contributed by atoms with Gasteiger partial charge in [0.05, 0.1) is 0 Å². The summed E-state index contributed by atoms with van der Waals surface area (Å²) in [6, 6.07) is 13.2. The lowest BCUT2D eigenvalue weighted by molar-refractivity contribution is -0.142. The lowest BCUT2D eigenvalue weighted by atomic mass is 10.0. The van der Waals surface area contributed by atoms with Crippen molar-refractivity contribution in [1.29, 1.82) is 0 Å². The van der Waals surface area contributed by atoms with E-state index in [1.165, 1.54) is 24.3 Å². The smallest absolute Gasteiger partial charge is 0.256 e. The third-order valence-electron chi connectivity index (χ3n) is 4.56. The van der Waals surface area contributed by atoms with Crippen LogP contribution in [0.4, 0.5) is 4.39 Å². The monoisotopic (exact) mass is 343 g/mol. The van der Waals surface area contributed by atoms with E-state index in [9.17, 15) is 14.3 Å². The van der Waals surface area contributed by atoms with Gasteiger partial charge in [-0.3, -0.25) is 4.79 Å². The van der Waals surface area contributed by atoms with Crippen LogP contribution in [0.3, 0.4) is 0 Å². The highest BCUT2D eigenvalue weighted by Crippen LogP contribution is 2.24. The van der Waals surface area contributed by atoms with Crippen molar-refractivity contribution in [2.45, 2.75) is 32.0 Å². The molecule has 1 aliphatic rings. The Morgan fingerprint density at radius 3 is 2.44 bits per heavy atom. The van der Waals surface area contributed by atoms with Gasteiger partial charge in [0, 0.05) is 25.9 Å². The van der Waals surface area contributed by atoms with Gasteiger partial charge in [0.15, 0.2) is 6.10 Å². The number of hydrogen-bond donors (Lipinski definition) is 1. The third kappa shape index (κ3) is 4.17. The van der Waals surface area contributed by atoms with Gasteiger partial charge in [-0.05, 0) is 36.2 Å². The molecule has 1 saturated heterocycles. The minimum absolute atomic E-state index is 0.0631. The number of amides is 1. The predicted molar refractivity (Wildman–Crippen MR) is 92.8 cm³/mol. The van der Waals surface area contributed by atoms with Gasteiger partial charge in [-0.15, -0.1) is 0 Å². The normalized spacial score (nSPS) is 16.5. The molecule has 0 radical (unpaired) electrons. The summed E-state index contributed by atoms with van der Waals surface area (Å²) in [7, 11) is 0. The fourth-order valence-corrected chi connectivity index (χ4v) is 3.02. The molecule has 1 N–H and O–H groups in total. The maximum Gasteiger partial charge on any atom is 0.256 e. The summed E-state index contributed by atoms with van der Waals surface area (Å²) in [5.74, 6) is 0.136. The van der Waals surface area contributed by atoms with Crippen LogP contribution in [0.15, 0.2) is 48.5 Å². The van der Waals surface area contributed by atoms with Crippen LogP contribution in [-0.4, -0.2) is 35.1 Å². The second-order valence-corrected chi connectivity index (χ2v) is 6.36. The Hall–Kier alpha value is -2.40. The number of ether oxygens (including phenoxy) is 1. The number of likely N-dealkylation sites (tertiary alicyclic amines) is 1. The highest BCUT2D eigenvalue weighted by molar-refractivity contribution is 5.82. The molecule has 3 rings (SSSR count). The molecular weight excluding hydrogens is 321 g/mol. The molecule has 1 aliphatic heterocycles. The predicted octanol–water partition coefficient (Wildman–Crippen LogP) is 3.24. The molecule has 0 spiro atoms. The van der Waals surface area contributed by atoms with Crippen molar-refractivity contribution in [3.05, 3.63) is 65.5 Å². The molecule has 0 aromatic heterocycles. The van der Waals surface area contributed by atoms with E-state index in [2.05, 4.69) is 0 Å². The molecule has 1 atom stereocenters. The number of carbonyl (C=O) groups is 1. The summed E-state index contributed by atoms with van der Waals surface area (Å²) >= 11 is 0. The number of piperidine rings is 1. The molecule has 2 aromatic rings. The first-order valence-electron chi connectivity index (χ1n) is 8.49. The van der Waals surface area contributed by atoms with E-state index >= 15 is 0 Å². The van der Waals surface area contributed by atoms with Crippen molar-refractivity contribution in [2.24, 2.45) is 0 Å². The fraction of sp³-hybridized carbons (Fsp3) is 0.350. The number of para-hydroxylation sites is 1. The first kappa shape index (κ1) is 17.4. The quantitative estimate of drug-likeness (QED) is 0.927. The summed E-state index contributed by atoms with van der Waals surface area (Å²) in [6.45, 7) is 3.08. The van der Waals surface area contributed by atoms with Crippen LogP contribution in [0.5, 0.6) is 5.75 Å². The van der Waals surface area contributed by atoms with E-state index in [0.29, 0.717) is 18.7 Å². The maximum absolute atomic E-state index is 13.0. The van der Waals surface area contributed by atoms with Gasteiger partial charge in [-0.1, -0.05) is 30.3 Å². The average molecular weight is 343 g/mol. The minimum atomic E-state index is -1.26. The highest BCUT2D eigenvalue weighted by atomic mass is 19.1. The first-order chi connectivity index (χ1) is 12.0. The summed E-state index contributed by atoms with van der Waals surface area (Å²) in [6.07, 6.45) is 0.245. The molecule has 1 unspecified atom stereocenters. The molecule has 0 bridgehead atoms. The molecular formula is C20H22FNO3. The number of aliphatic hydroxyl groups excluding tert-OH is 1. The van der Waals surface area contributed by atoms with Crippen molar-refractivity contribution in [3.63, 3.8) is 0 Å². The van der Waals surface area contributed by atoms with Crippen molar-refractivity contribution in [1.82, 2.24) is 4.90 Å². The van der Waals surface area contributed by atoms with Gasteiger partial charge in [0.2, 0.25) is 0 Å². The molecule has 5 heteroatoms. The summed E-state index contributed by atoms with van der Waals surface area (Å²) in [5.41, 5.74) is 1.50. The Kier molecular flexibility index (Phi) is 5.34. The average Bonchev–Trinajstić information content (AvgIpc) is 2.64. The zero-order valence-corrected chi connectivity index (χ0v) is 14.2. The van der Waals surface area contributed by atoms with E-state index in [0.717, 1.165) is 24.2 Å². The largest absolute Gasteiger partial charge is 0.490 e. The van der Waals surface area contributed by atoms with Crippen LogP contribution >= 0.6 is 0 Å². The van der Waals surface area contributed by atoms with E-state index in [1.807, 2.05) is 31.2 Å². The van der Waals surface area contributed by atoms with E-state index < -0.39 is 11.9 Å². The number of halogens is 1. The number of rotatable bonds is 4. The highest BCUT2D eigenvalue weighted by Gasteiger charge is 2.28. The lowest BCUT2D eigenvalue weighted by Gasteiger charge is -2.33. The Labute approximate surface area is 146 Å².